The molecular formula is C15H17NO2. The van der Waals surface area contributed by atoms with Crippen LogP contribution in [-0.4, -0.2) is 11.7 Å². The summed E-state index contributed by atoms with van der Waals surface area (Å²) in [4.78, 5) is 0. The molecule has 0 aromatic heterocycles. The molecule has 0 aliphatic rings. The fourth-order valence-electron chi connectivity index (χ4n) is 1.66. The van der Waals surface area contributed by atoms with Crippen LogP contribution >= 0.6 is 0 Å². The smallest absolute Gasteiger partial charge is 0.127 e. The molecule has 0 radical (unpaired) electrons. The van der Waals surface area contributed by atoms with Crippen molar-refractivity contribution in [2.24, 2.45) is 5.73 Å². The summed E-state index contributed by atoms with van der Waals surface area (Å²) in [5, 5.41) is 9.03. The van der Waals surface area contributed by atoms with Crippen molar-refractivity contribution >= 4 is 0 Å². The number of aryl methyl sites for hydroxylation is 1. The van der Waals surface area contributed by atoms with Crippen LogP contribution in [-0.2, 0) is 0 Å². The third-order valence-electron chi connectivity index (χ3n) is 2.74. The van der Waals surface area contributed by atoms with Crippen molar-refractivity contribution in [3.63, 3.8) is 0 Å². The van der Waals surface area contributed by atoms with Crippen LogP contribution in [0.1, 0.15) is 17.2 Å². The van der Waals surface area contributed by atoms with E-state index in [9.17, 15) is 0 Å². The molecule has 2 rings (SSSR count). The minimum absolute atomic E-state index is 0.0754. The molecule has 2 aromatic rings. The quantitative estimate of drug-likeness (QED) is 0.868. The van der Waals surface area contributed by atoms with Crippen molar-refractivity contribution in [1.29, 1.82) is 0 Å². The van der Waals surface area contributed by atoms with Crippen LogP contribution in [0.3, 0.4) is 0 Å². The van der Waals surface area contributed by atoms with Crippen LogP contribution in [0.5, 0.6) is 11.5 Å². The molecule has 0 amide bonds. The molecule has 18 heavy (non-hydrogen) atoms. The lowest BCUT2D eigenvalue weighted by atomic mass is 10.1. The average molecular weight is 243 g/mol. The molecule has 0 fully saturated rings. The van der Waals surface area contributed by atoms with Gasteiger partial charge in [-0.3, -0.25) is 0 Å². The van der Waals surface area contributed by atoms with Crippen molar-refractivity contribution in [3.8, 4) is 11.5 Å². The Kier molecular flexibility index (Phi) is 3.97. The van der Waals surface area contributed by atoms with Crippen molar-refractivity contribution in [1.82, 2.24) is 0 Å². The second kappa shape index (κ2) is 5.67. The highest BCUT2D eigenvalue weighted by atomic mass is 16.5. The van der Waals surface area contributed by atoms with Gasteiger partial charge in [-0.15, -0.1) is 0 Å². The van der Waals surface area contributed by atoms with Gasteiger partial charge in [-0.1, -0.05) is 29.8 Å². The summed E-state index contributed by atoms with van der Waals surface area (Å²) in [7, 11) is 0. The van der Waals surface area contributed by atoms with E-state index in [0.29, 0.717) is 0 Å². The number of nitrogens with two attached hydrogens (primary N) is 1. The normalized spacial score (nSPS) is 12.2. The Morgan fingerprint density at radius 1 is 1.11 bits per heavy atom. The maximum absolute atomic E-state index is 9.03. The fourth-order valence-corrected chi connectivity index (χ4v) is 1.66. The first-order valence-electron chi connectivity index (χ1n) is 5.90. The molecule has 3 N–H and O–H groups in total. The molecule has 0 saturated heterocycles. The topological polar surface area (TPSA) is 55.5 Å². The number of hydrogen-bond donors (Lipinski definition) is 2. The lowest BCUT2D eigenvalue weighted by Gasteiger charge is -2.11. The first-order valence-corrected chi connectivity index (χ1v) is 5.90. The van der Waals surface area contributed by atoms with Crippen LogP contribution in [0, 0.1) is 6.92 Å². The average Bonchev–Trinajstić information content (AvgIpc) is 2.41. The molecule has 0 saturated carbocycles. The molecule has 0 spiro atoms. The Bertz CT molecular complexity index is 508. The molecule has 2 aromatic carbocycles. The highest BCUT2D eigenvalue weighted by Gasteiger charge is 2.05. The number of benzene rings is 2. The highest BCUT2D eigenvalue weighted by Crippen LogP contribution is 2.24. The van der Waals surface area contributed by atoms with E-state index in [4.69, 9.17) is 15.6 Å². The van der Waals surface area contributed by atoms with E-state index in [0.717, 1.165) is 17.1 Å². The van der Waals surface area contributed by atoms with E-state index in [2.05, 4.69) is 0 Å². The van der Waals surface area contributed by atoms with Crippen molar-refractivity contribution in [3.05, 3.63) is 59.7 Å². The summed E-state index contributed by atoms with van der Waals surface area (Å²) in [6, 6.07) is 14.9. The SMILES string of the molecule is Cc1ccc(Oc2cccc([C@@H](N)CO)c2)cc1. The van der Waals surface area contributed by atoms with E-state index in [1.165, 1.54) is 5.56 Å². The third-order valence-corrected chi connectivity index (χ3v) is 2.74. The van der Waals surface area contributed by atoms with Gasteiger partial charge in [0.15, 0.2) is 0 Å². The molecule has 1 atom stereocenters. The summed E-state index contributed by atoms with van der Waals surface area (Å²) in [6.45, 7) is 1.96. The van der Waals surface area contributed by atoms with Gasteiger partial charge in [0.2, 0.25) is 0 Å². The van der Waals surface area contributed by atoms with Gasteiger partial charge in [-0.05, 0) is 36.8 Å². The first-order chi connectivity index (χ1) is 8.69. The molecule has 0 heterocycles. The number of aliphatic hydroxyl groups excluding tert-OH is 1. The number of hydrogen-bond acceptors (Lipinski definition) is 3. The standard InChI is InChI=1S/C15H17NO2/c1-11-5-7-13(8-6-11)18-14-4-2-3-12(9-14)15(16)10-17/h2-9,15,17H,10,16H2,1H3/t15-/m0/s1. The fraction of sp³-hybridized carbons (Fsp3) is 0.200. The zero-order valence-electron chi connectivity index (χ0n) is 10.3. The monoisotopic (exact) mass is 243 g/mol. The Morgan fingerprint density at radius 2 is 1.83 bits per heavy atom. The van der Waals surface area contributed by atoms with E-state index < -0.39 is 0 Å². The van der Waals surface area contributed by atoms with Crippen LogP contribution in [0.2, 0.25) is 0 Å². The minimum atomic E-state index is -0.369. The van der Waals surface area contributed by atoms with Gasteiger partial charge in [0, 0.05) is 0 Å². The Labute approximate surface area is 107 Å². The van der Waals surface area contributed by atoms with Gasteiger partial charge in [0.1, 0.15) is 11.5 Å². The van der Waals surface area contributed by atoms with E-state index in [1.54, 1.807) is 0 Å². The molecule has 0 unspecified atom stereocenters. The van der Waals surface area contributed by atoms with Crippen molar-refractivity contribution in [2.45, 2.75) is 13.0 Å². The summed E-state index contributed by atoms with van der Waals surface area (Å²) in [5.74, 6) is 1.51. The zero-order chi connectivity index (χ0) is 13.0. The summed E-state index contributed by atoms with van der Waals surface area (Å²) >= 11 is 0. The molecular weight excluding hydrogens is 226 g/mol. The summed E-state index contributed by atoms with van der Waals surface area (Å²) in [6.07, 6.45) is 0. The third kappa shape index (κ3) is 3.09. The van der Waals surface area contributed by atoms with Crippen LogP contribution in [0.15, 0.2) is 48.5 Å². The van der Waals surface area contributed by atoms with Gasteiger partial charge in [-0.25, -0.2) is 0 Å². The lowest BCUT2D eigenvalue weighted by Crippen LogP contribution is -2.14. The van der Waals surface area contributed by atoms with E-state index in [1.807, 2.05) is 55.5 Å². The molecule has 3 nitrogen and oxygen atoms in total. The second-order valence-corrected chi connectivity index (χ2v) is 4.28. The first kappa shape index (κ1) is 12.6. The predicted molar refractivity (Wildman–Crippen MR) is 71.7 cm³/mol. The van der Waals surface area contributed by atoms with Crippen LogP contribution < -0.4 is 10.5 Å². The summed E-state index contributed by atoms with van der Waals surface area (Å²) in [5.41, 5.74) is 7.83. The van der Waals surface area contributed by atoms with Gasteiger partial charge in [0.25, 0.3) is 0 Å². The maximum Gasteiger partial charge on any atom is 0.127 e. The Hall–Kier alpha value is -1.84. The number of aliphatic hydroxyl groups is 1. The van der Waals surface area contributed by atoms with E-state index >= 15 is 0 Å². The Morgan fingerprint density at radius 3 is 2.50 bits per heavy atom. The second-order valence-electron chi connectivity index (χ2n) is 4.28. The summed E-state index contributed by atoms with van der Waals surface area (Å²) < 4.78 is 5.73. The van der Waals surface area contributed by atoms with Gasteiger partial charge >= 0.3 is 0 Å². The predicted octanol–water partition coefficient (Wildman–Crippen LogP) is 2.78. The van der Waals surface area contributed by atoms with Crippen molar-refractivity contribution in [2.75, 3.05) is 6.61 Å². The molecule has 0 aliphatic heterocycles. The Balaban J connectivity index is 2.16. The van der Waals surface area contributed by atoms with Gasteiger partial charge in [0.05, 0.1) is 12.6 Å². The zero-order valence-corrected chi connectivity index (χ0v) is 10.3. The molecule has 0 aliphatic carbocycles. The maximum atomic E-state index is 9.03. The number of ether oxygens (including phenoxy) is 1. The molecule has 3 heteroatoms. The lowest BCUT2D eigenvalue weighted by molar-refractivity contribution is 0.268. The van der Waals surface area contributed by atoms with E-state index in [-0.39, 0.29) is 12.6 Å². The largest absolute Gasteiger partial charge is 0.457 e. The minimum Gasteiger partial charge on any atom is -0.457 e. The van der Waals surface area contributed by atoms with Gasteiger partial charge in [-0.2, -0.15) is 0 Å². The molecule has 94 valence electrons. The van der Waals surface area contributed by atoms with Crippen LogP contribution in [0.4, 0.5) is 0 Å². The van der Waals surface area contributed by atoms with Crippen LogP contribution in [0.25, 0.3) is 0 Å². The highest BCUT2D eigenvalue weighted by molar-refractivity contribution is 5.35. The number of rotatable bonds is 4. The van der Waals surface area contributed by atoms with Crippen molar-refractivity contribution < 1.29 is 9.84 Å². The van der Waals surface area contributed by atoms with Gasteiger partial charge < -0.3 is 15.6 Å². The molecule has 0 bridgehead atoms.